The van der Waals surface area contributed by atoms with E-state index in [1.807, 2.05) is 0 Å². The maximum atomic E-state index is 10.6. The van der Waals surface area contributed by atoms with Crippen LogP contribution in [0.4, 0.5) is 0 Å². The molecule has 0 amide bonds. The SMILES string of the molecule is C[C@@H]1[C@@H](C(=O)O)N(P)C[C@@H]1O. The molecule has 0 aliphatic carbocycles. The fourth-order valence-electron chi connectivity index (χ4n) is 1.38. The van der Waals surface area contributed by atoms with E-state index in [2.05, 4.69) is 9.39 Å². The molecule has 2 N–H and O–H groups in total. The highest BCUT2D eigenvalue weighted by Crippen LogP contribution is 2.27. The fourth-order valence-corrected chi connectivity index (χ4v) is 1.99. The second-order valence-corrected chi connectivity index (χ2v) is 3.57. The van der Waals surface area contributed by atoms with Gasteiger partial charge in [0.1, 0.15) is 6.04 Å². The molecule has 0 aromatic rings. The molecule has 0 saturated carbocycles. The minimum absolute atomic E-state index is 0.190. The van der Waals surface area contributed by atoms with Crippen LogP contribution >= 0.6 is 9.39 Å². The van der Waals surface area contributed by atoms with Gasteiger partial charge in [-0.2, -0.15) is 0 Å². The van der Waals surface area contributed by atoms with Gasteiger partial charge in [0.15, 0.2) is 0 Å². The molecule has 64 valence electrons. The molecule has 0 radical (unpaired) electrons. The van der Waals surface area contributed by atoms with Crippen molar-refractivity contribution in [2.75, 3.05) is 6.54 Å². The van der Waals surface area contributed by atoms with Crippen LogP contribution in [-0.4, -0.2) is 39.5 Å². The molecule has 11 heavy (non-hydrogen) atoms. The molecular formula is C6H12NO3P. The summed E-state index contributed by atoms with van der Waals surface area (Å²) in [6, 6.07) is -0.560. The van der Waals surface area contributed by atoms with Crippen molar-refractivity contribution >= 4 is 15.4 Å². The lowest BCUT2D eigenvalue weighted by Crippen LogP contribution is -2.33. The maximum absolute atomic E-state index is 10.6. The largest absolute Gasteiger partial charge is 0.480 e. The van der Waals surface area contributed by atoms with Gasteiger partial charge in [0, 0.05) is 12.5 Å². The van der Waals surface area contributed by atoms with E-state index in [-0.39, 0.29) is 5.92 Å². The smallest absolute Gasteiger partial charge is 0.321 e. The monoisotopic (exact) mass is 177 g/mol. The van der Waals surface area contributed by atoms with Crippen molar-refractivity contribution in [3.05, 3.63) is 0 Å². The molecule has 1 aliphatic heterocycles. The Morgan fingerprint density at radius 2 is 2.27 bits per heavy atom. The minimum atomic E-state index is -0.871. The number of nitrogens with zero attached hydrogens (tertiary/aromatic N) is 1. The third kappa shape index (κ3) is 1.53. The summed E-state index contributed by atoms with van der Waals surface area (Å²) in [4.78, 5) is 10.6. The van der Waals surface area contributed by atoms with Gasteiger partial charge in [-0.25, -0.2) is 0 Å². The number of aliphatic carboxylic acids is 1. The Kier molecular flexibility index (Phi) is 2.47. The predicted octanol–water partition coefficient (Wildman–Crippen LogP) is -0.458. The van der Waals surface area contributed by atoms with Crippen LogP contribution in [0.1, 0.15) is 6.92 Å². The van der Waals surface area contributed by atoms with Crippen LogP contribution in [0.15, 0.2) is 0 Å². The van der Waals surface area contributed by atoms with E-state index < -0.39 is 18.1 Å². The molecule has 0 aromatic carbocycles. The molecule has 4 atom stereocenters. The average molecular weight is 177 g/mol. The Labute approximate surface area is 67.5 Å². The van der Waals surface area contributed by atoms with Crippen molar-refractivity contribution in [3.63, 3.8) is 0 Å². The molecule has 1 saturated heterocycles. The summed E-state index contributed by atoms with van der Waals surface area (Å²) in [5.74, 6) is -1.06. The Hall–Kier alpha value is -0.180. The summed E-state index contributed by atoms with van der Waals surface area (Å²) in [5, 5.41) is 18.0. The number of aliphatic hydroxyl groups is 1. The molecule has 1 aliphatic rings. The molecule has 1 rings (SSSR count). The van der Waals surface area contributed by atoms with Crippen molar-refractivity contribution < 1.29 is 15.0 Å². The van der Waals surface area contributed by atoms with Crippen LogP contribution in [0.3, 0.4) is 0 Å². The van der Waals surface area contributed by atoms with Crippen LogP contribution in [0.2, 0.25) is 0 Å². The summed E-state index contributed by atoms with van der Waals surface area (Å²) in [6.45, 7) is 2.16. The minimum Gasteiger partial charge on any atom is -0.480 e. The van der Waals surface area contributed by atoms with Crippen molar-refractivity contribution in [2.24, 2.45) is 5.92 Å². The zero-order valence-corrected chi connectivity index (χ0v) is 7.42. The van der Waals surface area contributed by atoms with Crippen LogP contribution < -0.4 is 0 Å². The van der Waals surface area contributed by atoms with Crippen molar-refractivity contribution in [1.82, 2.24) is 4.67 Å². The summed E-state index contributed by atoms with van der Waals surface area (Å²) in [5.41, 5.74) is 0. The number of aliphatic hydroxyl groups excluding tert-OH is 1. The van der Waals surface area contributed by atoms with Gasteiger partial charge >= 0.3 is 5.97 Å². The Bertz CT molecular complexity index is 175. The number of rotatable bonds is 1. The number of β-amino-alcohol motifs (C(OH)–C–C–N with tert-alkyl or cyclic N) is 1. The summed E-state index contributed by atoms with van der Waals surface area (Å²) in [7, 11) is 2.32. The second kappa shape index (κ2) is 3.05. The fraction of sp³-hybridized carbons (Fsp3) is 0.833. The van der Waals surface area contributed by atoms with Crippen molar-refractivity contribution in [1.29, 1.82) is 0 Å². The van der Waals surface area contributed by atoms with Gasteiger partial charge in [-0.1, -0.05) is 16.3 Å². The third-order valence-electron chi connectivity index (χ3n) is 2.11. The normalized spacial score (nSPS) is 39.4. The highest BCUT2D eigenvalue weighted by Gasteiger charge is 2.40. The van der Waals surface area contributed by atoms with Crippen LogP contribution in [0.5, 0.6) is 0 Å². The van der Waals surface area contributed by atoms with Gasteiger partial charge < -0.3 is 10.2 Å². The first-order chi connectivity index (χ1) is 5.04. The highest BCUT2D eigenvalue weighted by atomic mass is 31.0. The van der Waals surface area contributed by atoms with Gasteiger partial charge in [0.2, 0.25) is 0 Å². The lowest BCUT2D eigenvalue weighted by atomic mass is 10.0. The van der Waals surface area contributed by atoms with E-state index in [0.29, 0.717) is 6.54 Å². The molecule has 0 spiro atoms. The van der Waals surface area contributed by atoms with Gasteiger partial charge in [-0.15, -0.1) is 0 Å². The molecule has 1 heterocycles. The molecule has 4 nitrogen and oxygen atoms in total. The standard InChI is InChI=1S/C6H12NO3P/c1-3-4(8)2-7(11)5(3)6(9)10/h3-5,8H,2,11H2,1H3,(H,9,10)/t3-,4-,5-/m0/s1. The van der Waals surface area contributed by atoms with Gasteiger partial charge in [0.25, 0.3) is 0 Å². The highest BCUT2D eigenvalue weighted by molar-refractivity contribution is 7.13. The first kappa shape index (κ1) is 8.91. The average Bonchev–Trinajstić information content (AvgIpc) is 2.07. The molecule has 0 bridgehead atoms. The number of carboxylic acid groups (broad SMARTS) is 1. The Morgan fingerprint density at radius 1 is 1.73 bits per heavy atom. The number of hydrogen-bond acceptors (Lipinski definition) is 3. The van der Waals surface area contributed by atoms with E-state index in [9.17, 15) is 9.90 Å². The summed E-state index contributed by atoms with van der Waals surface area (Å²) < 4.78 is 1.58. The molecule has 0 aromatic heterocycles. The van der Waals surface area contributed by atoms with E-state index in [1.54, 1.807) is 11.6 Å². The van der Waals surface area contributed by atoms with Gasteiger partial charge in [0.05, 0.1) is 6.10 Å². The van der Waals surface area contributed by atoms with Gasteiger partial charge in [-0.05, 0) is 0 Å². The molecule has 5 heteroatoms. The number of hydrogen-bond donors (Lipinski definition) is 2. The molecule has 1 fully saturated rings. The van der Waals surface area contributed by atoms with E-state index >= 15 is 0 Å². The lowest BCUT2D eigenvalue weighted by molar-refractivity contribution is -0.141. The molecular weight excluding hydrogens is 165 g/mol. The Morgan fingerprint density at radius 3 is 2.45 bits per heavy atom. The maximum Gasteiger partial charge on any atom is 0.321 e. The predicted molar refractivity (Wildman–Crippen MR) is 43.0 cm³/mol. The van der Waals surface area contributed by atoms with Crippen molar-refractivity contribution in [2.45, 2.75) is 19.1 Å². The van der Waals surface area contributed by atoms with E-state index in [4.69, 9.17) is 5.11 Å². The van der Waals surface area contributed by atoms with Crippen LogP contribution in [0, 0.1) is 5.92 Å². The van der Waals surface area contributed by atoms with E-state index in [0.717, 1.165) is 0 Å². The summed E-state index contributed by atoms with van der Waals surface area (Å²) >= 11 is 0. The van der Waals surface area contributed by atoms with Crippen LogP contribution in [-0.2, 0) is 4.79 Å². The number of carboxylic acids is 1. The lowest BCUT2D eigenvalue weighted by Gasteiger charge is -2.16. The number of carbonyl (C=O) groups is 1. The quantitative estimate of drug-likeness (QED) is 0.532. The zero-order valence-electron chi connectivity index (χ0n) is 6.27. The van der Waals surface area contributed by atoms with E-state index in [1.165, 1.54) is 0 Å². The van der Waals surface area contributed by atoms with Crippen molar-refractivity contribution in [3.8, 4) is 0 Å². The zero-order chi connectivity index (χ0) is 8.59. The first-order valence-electron chi connectivity index (χ1n) is 3.46. The Balaban J connectivity index is 2.71. The topological polar surface area (TPSA) is 60.8 Å². The van der Waals surface area contributed by atoms with Gasteiger partial charge in [-0.3, -0.25) is 9.46 Å². The first-order valence-corrected chi connectivity index (χ1v) is 3.98. The second-order valence-electron chi connectivity index (χ2n) is 2.91. The van der Waals surface area contributed by atoms with Crippen LogP contribution in [0.25, 0.3) is 0 Å². The molecule has 1 unspecified atom stereocenters. The third-order valence-corrected chi connectivity index (χ3v) is 2.65. The summed E-state index contributed by atoms with van der Waals surface area (Å²) in [6.07, 6.45) is -0.520.